The molecule has 1 heterocycles. The van der Waals surface area contributed by atoms with E-state index in [1.165, 1.54) is 13.0 Å². The first-order valence-electron chi connectivity index (χ1n) is 4.33. The average molecular weight is 154 g/mol. The van der Waals surface area contributed by atoms with Gasteiger partial charge in [0.1, 0.15) is 0 Å². The van der Waals surface area contributed by atoms with Gasteiger partial charge in [-0.05, 0) is 25.8 Å². The van der Waals surface area contributed by atoms with E-state index in [0.717, 1.165) is 13.1 Å². The van der Waals surface area contributed by atoms with Crippen LogP contribution in [0.25, 0.3) is 0 Å². The topological polar surface area (TPSA) is 29.3 Å². The Labute approximate surface area is 69.1 Å². The van der Waals surface area contributed by atoms with Crippen LogP contribution in [0.5, 0.6) is 0 Å². The molecule has 1 rings (SSSR count). The molecule has 2 unspecified atom stereocenters. The molecule has 2 heteroatoms. The summed E-state index contributed by atoms with van der Waals surface area (Å²) in [4.78, 5) is 2.40. The third-order valence-electron chi connectivity index (χ3n) is 2.44. The number of hydrogen-bond donors (Lipinski definition) is 1. The zero-order valence-corrected chi connectivity index (χ0v) is 7.29. The van der Waals surface area contributed by atoms with Crippen molar-refractivity contribution in [3.05, 3.63) is 12.7 Å². The van der Waals surface area contributed by atoms with Crippen LogP contribution in [0.4, 0.5) is 0 Å². The molecule has 2 atom stereocenters. The molecule has 1 aliphatic heterocycles. The maximum absolute atomic E-state index is 5.80. The Hall–Kier alpha value is -0.340. The zero-order chi connectivity index (χ0) is 8.27. The molecule has 2 N–H and O–H groups in total. The van der Waals surface area contributed by atoms with Gasteiger partial charge in [-0.25, -0.2) is 0 Å². The van der Waals surface area contributed by atoms with Gasteiger partial charge in [0.05, 0.1) is 0 Å². The fourth-order valence-corrected chi connectivity index (χ4v) is 1.64. The van der Waals surface area contributed by atoms with Gasteiger partial charge in [0.2, 0.25) is 0 Å². The molecule has 0 saturated carbocycles. The van der Waals surface area contributed by atoms with Crippen molar-refractivity contribution in [2.75, 3.05) is 19.6 Å². The van der Waals surface area contributed by atoms with Crippen LogP contribution in [0, 0.1) is 5.92 Å². The number of nitrogens with two attached hydrogens (primary N) is 1. The molecule has 0 aromatic rings. The molecular formula is C9H18N2. The first-order valence-corrected chi connectivity index (χ1v) is 4.33. The van der Waals surface area contributed by atoms with E-state index in [4.69, 9.17) is 5.73 Å². The van der Waals surface area contributed by atoms with Crippen LogP contribution in [0.15, 0.2) is 12.7 Å². The fraction of sp³-hybridized carbons (Fsp3) is 0.778. The molecule has 1 fully saturated rings. The summed E-state index contributed by atoms with van der Waals surface area (Å²) in [6, 6.07) is 0.352. The van der Waals surface area contributed by atoms with Crippen molar-refractivity contribution >= 4 is 0 Å². The lowest BCUT2D eigenvalue weighted by molar-refractivity contribution is 0.347. The summed E-state index contributed by atoms with van der Waals surface area (Å²) in [5, 5.41) is 0. The fourth-order valence-electron chi connectivity index (χ4n) is 1.64. The monoisotopic (exact) mass is 154 g/mol. The SMILES string of the molecule is C=CCN1CCC(C(C)N)C1. The quantitative estimate of drug-likeness (QED) is 0.610. The van der Waals surface area contributed by atoms with Gasteiger partial charge in [-0.1, -0.05) is 6.08 Å². The first kappa shape index (κ1) is 8.75. The molecule has 0 radical (unpaired) electrons. The van der Waals surface area contributed by atoms with Crippen molar-refractivity contribution in [1.82, 2.24) is 4.90 Å². The van der Waals surface area contributed by atoms with Crippen LogP contribution in [0.2, 0.25) is 0 Å². The van der Waals surface area contributed by atoms with Crippen LogP contribution in [0.3, 0.4) is 0 Å². The molecule has 0 aromatic heterocycles. The van der Waals surface area contributed by atoms with E-state index < -0.39 is 0 Å². The predicted octanol–water partition coefficient (Wildman–Crippen LogP) is 0.842. The molecule has 0 aliphatic carbocycles. The maximum Gasteiger partial charge on any atom is 0.0160 e. The van der Waals surface area contributed by atoms with E-state index in [2.05, 4.69) is 18.4 Å². The highest BCUT2D eigenvalue weighted by molar-refractivity contribution is 4.84. The molecule has 1 saturated heterocycles. The second-order valence-corrected chi connectivity index (χ2v) is 3.46. The number of hydrogen-bond acceptors (Lipinski definition) is 2. The number of nitrogens with zero attached hydrogens (tertiary/aromatic N) is 1. The summed E-state index contributed by atoms with van der Waals surface area (Å²) in [6.07, 6.45) is 3.22. The largest absolute Gasteiger partial charge is 0.328 e. The first-order chi connectivity index (χ1) is 5.24. The summed E-state index contributed by atoms with van der Waals surface area (Å²) < 4.78 is 0. The average Bonchev–Trinajstić information content (AvgIpc) is 2.37. The summed E-state index contributed by atoms with van der Waals surface area (Å²) >= 11 is 0. The minimum Gasteiger partial charge on any atom is -0.328 e. The minimum atomic E-state index is 0.352. The smallest absolute Gasteiger partial charge is 0.0160 e. The van der Waals surface area contributed by atoms with E-state index in [0.29, 0.717) is 12.0 Å². The lowest BCUT2D eigenvalue weighted by atomic mass is 10.0. The van der Waals surface area contributed by atoms with Crippen molar-refractivity contribution in [3.8, 4) is 0 Å². The van der Waals surface area contributed by atoms with Gasteiger partial charge in [0, 0.05) is 19.1 Å². The summed E-state index contributed by atoms with van der Waals surface area (Å²) in [5.74, 6) is 0.704. The molecule has 0 aromatic carbocycles. The molecule has 0 spiro atoms. The Morgan fingerprint density at radius 2 is 2.55 bits per heavy atom. The summed E-state index contributed by atoms with van der Waals surface area (Å²) in [6.45, 7) is 9.19. The number of rotatable bonds is 3. The minimum absolute atomic E-state index is 0.352. The molecule has 1 aliphatic rings. The Kier molecular flexibility index (Phi) is 3.09. The van der Waals surface area contributed by atoms with E-state index in [9.17, 15) is 0 Å². The van der Waals surface area contributed by atoms with Gasteiger partial charge < -0.3 is 5.73 Å². The van der Waals surface area contributed by atoms with Crippen LogP contribution >= 0.6 is 0 Å². The molecule has 0 bridgehead atoms. The predicted molar refractivity (Wildman–Crippen MR) is 48.4 cm³/mol. The molecule has 11 heavy (non-hydrogen) atoms. The normalized spacial score (nSPS) is 28.7. The second kappa shape index (κ2) is 3.88. The van der Waals surface area contributed by atoms with Gasteiger partial charge in [-0.3, -0.25) is 4.90 Å². The van der Waals surface area contributed by atoms with Crippen molar-refractivity contribution < 1.29 is 0 Å². The van der Waals surface area contributed by atoms with Crippen LogP contribution < -0.4 is 5.73 Å². The standard InChI is InChI=1S/C9H18N2/c1-3-5-11-6-4-9(7-11)8(2)10/h3,8-9H,1,4-7,10H2,2H3. The Morgan fingerprint density at radius 3 is 3.00 bits per heavy atom. The zero-order valence-electron chi connectivity index (χ0n) is 7.29. The second-order valence-electron chi connectivity index (χ2n) is 3.46. The lowest BCUT2D eigenvalue weighted by Gasteiger charge is -2.15. The maximum atomic E-state index is 5.80. The van der Waals surface area contributed by atoms with Gasteiger partial charge in [0.15, 0.2) is 0 Å². The van der Waals surface area contributed by atoms with Gasteiger partial charge in [0.25, 0.3) is 0 Å². The van der Waals surface area contributed by atoms with Crippen molar-refractivity contribution in [1.29, 1.82) is 0 Å². The lowest BCUT2D eigenvalue weighted by Crippen LogP contribution is -2.29. The van der Waals surface area contributed by atoms with E-state index >= 15 is 0 Å². The summed E-state index contributed by atoms with van der Waals surface area (Å²) in [5.41, 5.74) is 5.80. The Balaban J connectivity index is 2.28. The van der Waals surface area contributed by atoms with Gasteiger partial charge >= 0.3 is 0 Å². The van der Waals surface area contributed by atoms with Crippen LogP contribution in [-0.4, -0.2) is 30.6 Å². The van der Waals surface area contributed by atoms with Crippen LogP contribution in [0.1, 0.15) is 13.3 Å². The molecular weight excluding hydrogens is 136 g/mol. The summed E-state index contributed by atoms with van der Waals surface area (Å²) in [7, 11) is 0. The highest BCUT2D eigenvalue weighted by Gasteiger charge is 2.23. The van der Waals surface area contributed by atoms with Crippen LogP contribution in [-0.2, 0) is 0 Å². The third-order valence-corrected chi connectivity index (χ3v) is 2.44. The Morgan fingerprint density at radius 1 is 1.82 bits per heavy atom. The third kappa shape index (κ3) is 2.31. The van der Waals surface area contributed by atoms with E-state index in [-0.39, 0.29) is 0 Å². The van der Waals surface area contributed by atoms with Crippen molar-refractivity contribution in [2.24, 2.45) is 11.7 Å². The Bertz CT molecular complexity index is 132. The van der Waals surface area contributed by atoms with E-state index in [1.54, 1.807) is 0 Å². The molecule has 2 nitrogen and oxygen atoms in total. The van der Waals surface area contributed by atoms with Crippen molar-refractivity contribution in [2.45, 2.75) is 19.4 Å². The van der Waals surface area contributed by atoms with Gasteiger partial charge in [-0.2, -0.15) is 0 Å². The molecule has 64 valence electrons. The number of likely N-dealkylation sites (tertiary alicyclic amines) is 1. The van der Waals surface area contributed by atoms with E-state index in [1.807, 2.05) is 6.08 Å². The van der Waals surface area contributed by atoms with Gasteiger partial charge in [-0.15, -0.1) is 6.58 Å². The van der Waals surface area contributed by atoms with Crippen molar-refractivity contribution in [3.63, 3.8) is 0 Å². The highest BCUT2D eigenvalue weighted by atomic mass is 15.1. The highest BCUT2D eigenvalue weighted by Crippen LogP contribution is 2.17. The molecule has 0 amide bonds.